The maximum absolute atomic E-state index is 14.9. The summed E-state index contributed by atoms with van der Waals surface area (Å²) in [6.07, 6.45) is 2.52. The third-order valence-electron chi connectivity index (χ3n) is 6.04. The van der Waals surface area contributed by atoms with E-state index < -0.39 is 10.8 Å². The molecule has 1 aliphatic rings. The van der Waals surface area contributed by atoms with E-state index in [9.17, 15) is 8.60 Å². The summed E-state index contributed by atoms with van der Waals surface area (Å²) in [5.41, 5.74) is 2.80. The van der Waals surface area contributed by atoms with Gasteiger partial charge in [0.25, 0.3) is 0 Å². The van der Waals surface area contributed by atoms with Gasteiger partial charge in [-0.2, -0.15) is 4.98 Å². The molecule has 36 heavy (non-hydrogen) atoms. The molecule has 188 valence electrons. The van der Waals surface area contributed by atoms with Crippen LogP contribution in [0.2, 0.25) is 0 Å². The normalized spacial score (nSPS) is 14.7. The molecule has 0 radical (unpaired) electrons. The molecule has 0 bridgehead atoms. The Morgan fingerprint density at radius 3 is 2.86 bits per heavy atom. The number of H-pyrrole nitrogens is 1. The average Bonchev–Trinajstić information content (AvgIpc) is 3.26. The first-order chi connectivity index (χ1) is 17.5. The second kappa shape index (κ2) is 11.0. The van der Waals surface area contributed by atoms with Gasteiger partial charge in [-0.25, -0.2) is 9.37 Å². The summed E-state index contributed by atoms with van der Waals surface area (Å²) >= 11 is 0. The highest BCUT2D eigenvalue weighted by atomic mass is 32.2. The second-order valence-electron chi connectivity index (χ2n) is 8.78. The molecule has 3 heterocycles. The van der Waals surface area contributed by atoms with E-state index in [1.54, 1.807) is 24.4 Å². The zero-order chi connectivity index (χ0) is 24.9. The van der Waals surface area contributed by atoms with Crippen LogP contribution in [-0.2, 0) is 10.8 Å². The lowest BCUT2D eigenvalue weighted by atomic mass is 10.2. The van der Waals surface area contributed by atoms with Crippen molar-refractivity contribution in [2.24, 2.45) is 0 Å². The third-order valence-corrected chi connectivity index (χ3v) is 7.31. The number of rotatable bonds is 9. The van der Waals surface area contributed by atoms with Crippen molar-refractivity contribution in [1.29, 1.82) is 0 Å². The quantitative estimate of drug-likeness (QED) is 0.282. The molecule has 0 atom stereocenters. The monoisotopic (exact) mass is 508 g/mol. The van der Waals surface area contributed by atoms with Crippen LogP contribution in [0.25, 0.3) is 10.9 Å². The summed E-state index contributed by atoms with van der Waals surface area (Å²) in [6, 6.07) is 14.6. The summed E-state index contributed by atoms with van der Waals surface area (Å²) in [5.74, 6) is 2.83. The number of aromatic amines is 1. The van der Waals surface area contributed by atoms with E-state index in [2.05, 4.69) is 30.5 Å². The number of nitrogens with one attached hydrogen (secondary N) is 3. The van der Waals surface area contributed by atoms with Crippen molar-refractivity contribution in [3.8, 4) is 5.75 Å². The van der Waals surface area contributed by atoms with Crippen LogP contribution in [0.15, 0.2) is 54.7 Å². The number of benzene rings is 2. The summed E-state index contributed by atoms with van der Waals surface area (Å²) in [6.45, 7) is 5.24. The number of aromatic nitrogens is 3. The van der Waals surface area contributed by atoms with E-state index in [0.29, 0.717) is 29.4 Å². The molecule has 2 aromatic heterocycles. The maximum Gasteiger partial charge on any atom is 0.229 e. The van der Waals surface area contributed by atoms with Crippen molar-refractivity contribution in [2.75, 3.05) is 48.4 Å². The highest BCUT2D eigenvalue weighted by Gasteiger charge is 2.14. The first-order valence-corrected chi connectivity index (χ1v) is 13.5. The highest BCUT2D eigenvalue weighted by molar-refractivity contribution is 7.85. The standard InChI is InChI=1S/C26H29FN6O2S/c1-18-16-21-22(29-18)6-7-23(25(21)27)31-24-8-9-28-26(32-24)30-19-4-2-5-20(17-19)35-13-3-10-33-11-14-36(34)15-12-33/h2,4-9,16-17,29H,3,10-15H2,1H3,(H2,28,30,31,32). The van der Waals surface area contributed by atoms with E-state index in [0.717, 1.165) is 60.2 Å². The Morgan fingerprint density at radius 1 is 1.14 bits per heavy atom. The molecule has 8 nitrogen and oxygen atoms in total. The van der Waals surface area contributed by atoms with Crippen molar-refractivity contribution in [3.05, 3.63) is 66.2 Å². The Kier molecular flexibility index (Phi) is 7.43. The van der Waals surface area contributed by atoms with Crippen LogP contribution in [0.1, 0.15) is 12.1 Å². The SMILES string of the molecule is Cc1cc2c(F)c(Nc3ccnc(Nc4cccc(OCCCN5CCS(=O)CC5)c4)n3)ccc2[nH]1. The van der Waals surface area contributed by atoms with Gasteiger partial charge in [0.05, 0.1) is 12.3 Å². The lowest BCUT2D eigenvalue weighted by Crippen LogP contribution is -2.38. The van der Waals surface area contributed by atoms with Crippen molar-refractivity contribution < 1.29 is 13.3 Å². The minimum Gasteiger partial charge on any atom is -0.493 e. The molecular weight excluding hydrogens is 479 g/mol. The number of ether oxygens (including phenoxy) is 1. The van der Waals surface area contributed by atoms with Gasteiger partial charge < -0.3 is 25.3 Å². The fourth-order valence-corrected chi connectivity index (χ4v) is 5.33. The van der Waals surface area contributed by atoms with Gasteiger partial charge in [-0.15, -0.1) is 0 Å². The van der Waals surface area contributed by atoms with Gasteiger partial charge in [0.1, 0.15) is 11.6 Å². The van der Waals surface area contributed by atoms with Crippen molar-refractivity contribution >= 4 is 44.8 Å². The van der Waals surface area contributed by atoms with Crippen LogP contribution >= 0.6 is 0 Å². The lowest BCUT2D eigenvalue weighted by Gasteiger charge is -2.25. The van der Waals surface area contributed by atoms with Gasteiger partial charge in [-0.3, -0.25) is 4.21 Å². The van der Waals surface area contributed by atoms with E-state index >= 15 is 0 Å². The molecule has 1 saturated heterocycles. The van der Waals surface area contributed by atoms with Gasteiger partial charge in [-0.1, -0.05) is 6.07 Å². The topological polar surface area (TPSA) is 95.2 Å². The van der Waals surface area contributed by atoms with Gasteiger partial charge in [-0.05, 0) is 49.7 Å². The fourth-order valence-electron chi connectivity index (χ4n) is 4.20. The Labute approximate surface area is 211 Å². The molecule has 5 rings (SSSR count). The van der Waals surface area contributed by atoms with Gasteiger partial charge >= 0.3 is 0 Å². The Balaban J connectivity index is 1.17. The molecule has 0 aliphatic carbocycles. The van der Waals surface area contributed by atoms with E-state index in [4.69, 9.17) is 4.74 Å². The Morgan fingerprint density at radius 2 is 2.00 bits per heavy atom. The minimum absolute atomic E-state index is 0.329. The first kappa shape index (κ1) is 24.2. The largest absolute Gasteiger partial charge is 0.493 e. The number of anilines is 4. The van der Waals surface area contributed by atoms with E-state index in [-0.39, 0.29) is 5.82 Å². The van der Waals surface area contributed by atoms with E-state index in [1.807, 2.05) is 37.3 Å². The minimum atomic E-state index is -0.647. The van der Waals surface area contributed by atoms with Gasteiger partial charge in [0.2, 0.25) is 5.95 Å². The van der Waals surface area contributed by atoms with Crippen LogP contribution in [0, 0.1) is 12.7 Å². The number of hydrogen-bond donors (Lipinski definition) is 3. The van der Waals surface area contributed by atoms with Crippen LogP contribution < -0.4 is 15.4 Å². The second-order valence-corrected chi connectivity index (χ2v) is 10.5. The molecule has 0 unspecified atom stereocenters. The smallest absolute Gasteiger partial charge is 0.229 e. The van der Waals surface area contributed by atoms with Crippen LogP contribution in [-0.4, -0.2) is 61.8 Å². The predicted octanol–water partition coefficient (Wildman–Crippen LogP) is 4.73. The number of fused-ring (bicyclic) bond motifs is 1. The van der Waals surface area contributed by atoms with Crippen LogP contribution in [0.3, 0.4) is 0 Å². The van der Waals surface area contributed by atoms with Gasteiger partial charge in [0, 0.05) is 76.5 Å². The summed E-state index contributed by atoms with van der Waals surface area (Å²) < 4.78 is 32.3. The van der Waals surface area contributed by atoms with E-state index in [1.165, 1.54) is 0 Å². The predicted molar refractivity (Wildman–Crippen MR) is 142 cm³/mol. The molecule has 4 aromatic rings. The zero-order valence-corrected chi connectivity index (χ0v) is 20.9. The molecule has 2 aromatic carbocycles. The molecule has 10 heteroatoms. The fraction of sp³-hybridized carbons (Fsp3) is 0.308. The molecule has 0 spiro atoms. The lowest BCUT2D eigenvalue weighted by molar-refractivity contribution is 0.247. The number of nitrogens with zero attached hydrogens (tertiary/aromatic N) is 3. The summed E-state index contributed by atoms with van der Waals surface area (Å²) in [7, 11) is -0.647. The highest BCUT2D eigenvalue weighted by Crippen LogP contribution is 2.27. The van der Waals surface area contributed by atoms with Crippen molar-refractivity contribution in [1.82, 2.24) is 19.9 Å². The number of aryl methyl sites for hydroxylation is 1. The Hall–Kier alpha value is -3.50. The molecule has 0 saturated carbocycles. The average molecular weight is 509 g/mol. The number of hydrogen-bond acceptors (Lipinski definition) is 7. The number of halogens is 1. The summed E-state index contributed by atoms with van der Waals surface area (Å²) in [5, 5.41) is 6.77. The molecule has 3 N–H and O–H groups in total. The van der Waals surface area contributed by atoms with Gasteiger partial charge in [0.15, 0.2) is 5.82 Å². The van der Waals surface area contributed by atoms with Crippen molar-refractivity contribution in [2.45, 2.75) is 13.3 Å². The zero-order valence-electron chi connectivity index (χ0n) is 20.1. The Bertz CT molecular complexity index is 1370. The van der Waals surface area contributed by atoms with Crippen LogP contribution in [0.4, 0.5) is 27.5 Å². The summed E-state index contributed by atoms with van der Waals surface area (Å²) in [4.78, 5) is 14.2. The molecule has 1 fully saturated rings. The maximum atomic E-state index is 14.9. The van der Waals surface area contributed by atoms with Crippen molar-refractivity contribution in [3.63, 3.8) is 0 Å². The molecular formula is C26H29FN6O2S. The molecule has 0 amide bonds. The molecule has 1 aliphatic heterocycles. The van der Waals surface area contributed by atoms with Crippen LogP contribution in [0.5, 0.6) is 5.75 Å². The first-order valence-electron chi connectivity index (χ1n) is 12.0. The third kappa shape index (κ3) is 6.00.